The quantitative estimate of drug-likeness (QED) is 0.529. The number of ether oxygens (including phenoxy) is 4. The minimum atomic E-state index is -1.97. The molecule has 0 aliphatic carbocycles. The number of hydrogen-bond acceptors (Lipinski definition) is 7. The van der Waals surface area contributed by atoms with E-state index in [4.69, 9.17) is 18.9 Å². The highest BCUT2D eigenvalue weighted by Crippen LogP contribution is 2.38. The van der Waals surface area contributed by atoms with Crippen LogP contribution >= 0.6 is 0 Å². The molecule has 162 valence electrons. The van der Waals surface area contributed by atoms with Gasteiger partial charge in [-0.3, -0.25) is 4.79 Å². The predicted molar refractivity (Wildman–Crippen MR) is 110 cm³/mol. The number of rotatable bonds is 7. The van der Waals surface area contributed by atoms with Crippen LogP contribution in [-0.4, -0.2) is 46.2 Å². The van der Waals surface area contributed by atoms with Crippen molar-refractivity contribution >= 4 is 17.1 Å². The molecule has 2 aromatic carbocycles. The van der Waals surface area contributed by atoms with Gasteiger partial charge in [-0.2, -0.15) is 0 Å². The Balaban J connectivity index is 1.78. The standard InChI is InChI=1S/C22H26O7S/c1-15-21(28-16(2)23)20(27-14-17-9-11-18(26-3)12-10-17)13-22(24,29-15)30(25)19-7-5-4-6-8-19/h4-12,15,20-21,24H,13-14H2,1-3H3/t15-,20-,21+,22-,30?/m0/s1. The Morgan fingerprint density at radius 2 is 1.90 bits per heavy atom. The maximum atomic E-state index is 13.0. The second-order valence-corrected chi connectivity index (χ2v) is 8.74. The molecule has 8 heteroatoms. The van der Waals surface area contributed by atoms with Gasteiger partial charge in [0.15, 0.2) is 11.0 Å². The van der Waals surface area contributed by atoms with E-state index in [1.165, 1.54) is 6.92 Å². The third-order valence-corrected chi connectivity index (χ3v) is 6.37. The van der Waals surface area contributed by atoms with Gasteiger partial charge in [-0.15, -0.1) is 0 Å². The average Bonchev–Trinajstić information content (AvgIpc) is 2.74. The fourth-order valence-electron chi connectivity index (χ4n) is 3.37. The molecule has 1 aliphatic rings. The first-order chi connectivity index (χ1) is 14.3. The van der Waals surface area contributed by atoms with E-state index < -0.39 is 40.6 Å². The van der Waals surface area contributed by atoms with E-state index in [0.717, 1.165) is 11.3 Å². The van der Waals surface area contributed by atoms with Gasteiger partial charge in [0.25, 0.3) is 0 Å². The lowest BCUT2D eigenvalue weighted by Gasteiger charge is -2.43. The van der Waals surface area contributed by atoms with Crippen molar-refractivity contribution < 1.29 is 33.4 Å². The van der Waals surface area contributed by atoms with Crippen LogP contribution in [0.15, 0.2) is 59.5 Å². The van der Waals surface area contributed by atoms with Gasteiger partial charge in [0.2, 0.25) is 0 Å². The molecule has 2 aromatic rings. The van der Waals surface area contributed by atoms with Crippen molar-refractivity contribution in [2.24, 2.45) is 0 Å². The molecule has 0 aromatic heterocycles. The lowest BCUT2D eigenvalue weighted by Crippen LogP contribution is -2.58. The van der Waals surface area contributed by atoms with E-state index in [2.05, 4.69) is 0 Å². The minimum Gasteiger partial charge on any atom is -0.607 e. The third-order valence-electron chi connectivity index (χ3n) is 4.83. The van der Waals surface area contributed by atoms with Gasteiger partial charge in [0, 0.05) is 18.1 Å². The topological polar surface area (TPSA) is 97.3 Å². The summed E-state index contributed by atoms with van der Waals surface area (Å²) in [5.41, 5.74) is 0.879. The van der Waals surface area contributed by atoms with Gasteiger partial charge < -0.3 is 28.6 Å². The number of aliphatic hydroxyl groups is 1. The van der Waals surface area contributed by atoms with E-state index in [1.807, 2.05) is 24.3 Å². The zero-order valence-corrected chi connectivity index (χ0v) is 18.0. The van der Waals surface area contributed by atoms with Gasteiger partial charge in [-0.05, 0) is 36.8 Å². The van der Waals surface area contributed by atoms with Crippen molar-refractivity contribution in [2.75, 3.05) is 7.11 Å². The van der Waals surface area contributed by atoms with Crippen molar-refractivity contribution in [2.45, 2.75) is 55.2 Å². The zero-order chi connectivity index (χ0) is 21.7. The molecule has 1 heterocycles. The van der Waals surface area contributed by atoms with Crippen LogP contribution in [0.3, 0.4) is 0 Å². The van der Waals surface area contributed by atoms with E-state index in [-0.39, 0.29) is 13.0 Å². The van der Waals surface area contributed by atoms with Crippen LogP contribution in [0.1, 0.15) is 25.8 Å². The minimum absolute atomic E-state index is 0.118. The van der Waals surface area contributed by atoms with E-state index in [9.17, 15) is 14.5 Å². The molecule has 30 heavy (non-hydrogen) atoms. The van der Waals surface area contributed by atoms with Crippen molar-refractivity contribution in [3.05, 3.63) is 60.2 Å². The zero-order valence-electron chi connectivity index (χ0n) is 17.1. The number of benzene rings is 2. The van der Waals surface area contributed by atoms with Crippen LogP contribution in [-0.2, 0) is 36.8 Å². The molecule has 1 unspecified atom stereocenters. The largest absolute Gasteiger partial charge is 0.607 e. The Morgan fingerprint density at radius 3 is 2.50 bits per heavy atom. The van der Waals surface area contributed by atoms with Crippen molar-refractivity contribution in [1.29, 1.82) is 0 Å². The second kappa shape index (κ2) is 9.80. The number of hydrogen-bond donors (Lipinski definition) is 1. The maximum absolute atomic E-state index is 13.0. The highest BCUT2D eigenvalue weighted by atomic mass is 32.2. The molecule has 1 fully saturated rings. The van der Waals surface area contributed by atoms with E-state index in [0.29, 0.717) is 4.90 Å². The van der Waals surface area contributed by atoms with Crippen molar-refractivity contribution in [3.8, 4) is 5.75 Å². The van der Waals surface area contributed by atoms with Gasteiger partial charge in [-0.25, -0.2) is 0 Å². The fraction of sp³-hybridized carbons (Fsp3) is 0.409. The molecule has 7 nitrogen and oxygen atoms in total. The lowest BCUT2D eigenvalue weighted by atomic mass is 10.0. The number of carbonyl (C=O) groups excluding carboxylic acids is 1. The maximum Gasteiger partial charge on any atom is 0.343 e. The lowest BCUT2D eigenvalue weighted by molar-refractivity contribution is -0.265. The summed E-state index contributed by atoms with van der Waals surface area (Å²) in [6.45, 7) is 3.17. The predicted octanol–water partition coefficient (Wildman–Crippen LogP) is 2.77. The van der Waals surface area contributed by atoms with Crippen LogP contribution in [0.4, 0.5) is 0 Å². The Kier molecular flexibility index (Phi) is 7.38. The highest BCUT2D eigenvalue weighted by molar-refractivity contribution is 7.92. The summed E-state index contributed by atoms with van der Waals surface area (Å²) in [7, 11) is 1.59. The van der Waals surface area contributed by atoms with Gasteiger partial charge in [-0.1, -0.05) is 30.3 Å². The summed E-state index contributed by atoms with van der Waals surface area (Å²) in [5.74, 6) is 0.243. The molecule has 1 N–H and O–H groups in total. The number of esters is 1. The van der Waals surface area contributed by atoms with Crippen LogP contribution < -0.4 is 4.74 Å². The Hall–Kier alpha value is -2.10. The molecule has 0 bridgehead atoms. The summed E-state index contributed by atoms with van der Waals surface area (Å²) in [6, 6.07) is 15.9. The van der Waals surface area contributed by atoms with Gasteiger partial charge in [0.05, 0.1) is 20.1 Å². The first-order valence-corrected chi connectivity index (χ1v) is 10.8. The highest BCUT2D eigenvalue weighted by Gasteiger charge is 2.55. The van der Waals surface area contributed by atoms with Crippen LogP contribution in [0.5, 0.6) is 5.75 Å². The molecule has 0 spiro atoms. The molecule has 1 aliphatic heterocycles. The first kappa shape index (κ1) is 22.6. The molecular formula is C22H26O7S. The van der Waals surface area contributed by atoms with E-state index in [1.54, 1.807) is 44.4 Å². The number of carbonyl (C=O) groups is 1. The Morgan fingerprint density at radius 1 is 1.23 bits per heavy atom. The van der Waals surface area contributed by atoms with Crippen molar-refractivity contribution in [1.82, 2.24) is 0 Å². The molecule has 1 saturated heterocycles. The SMILES string of the molecule is COc1ccc(CO[C@H]2C[C@@](O)([S+]([O-])c3ccccc3)O[C@@H](C)[C@H]2OC(C)=O)cc1. The van der Waals surface area contributed by atoms with Crippen LogP contribution in [0, 0.1) is 0 Å². The summed E-state index contributed by atoms with van der Waals surface area (Å²) < 4.78 is 35.3. The molecular weight excluding hydrogens is 408 g/mol. The summed E-state index contributed by atoms with van der Waals surface area (Å²) >= 11 is -1.86. The molecule has 0 amide bonds. The summed E-state index contributed by atoms with van der Waals surface area (Å²) in [6.07, 6.45) is -2.29. The molecule has 3 rings (SSSR count). The Bertz CT molecular complexity index is 829. The van der Waals surface area contributed by atoms with Crippen LogP contribution in [0.25, 0.3) is 0 Å². The van der Waals surface area contributed by atoms with Gasteiger partial charge >= 0.3 is 11.1 Å². The van der Waals surface area contributed by atoms with Gasteiger partial charge in [0.1, 0.15) is 18.0 Å². The second-order valence-electron chi connectivity index (χ2n) is 7.09. The third kappa shape index (κ3) is 5.33. The number of methoxy groups -OCH3 is 1. The summed E-state index contributed by atoms with van der Waals surface area (Å²) in [5, 5.41) is 9.12. The molecule has 5 atom stereocenters. The Labute approximate surface area is 179 Å². The fourth-order valence-corrected chi connectivity index (χ4v) is 4.70. The normalized spacial score (nSPS) is 27.3. The molecule has 0 radical (unpaired) electrons. The first-order valence-electron chi connectivity index (χ1n) is 9.61. The van der Waals surface area contributed by atoms with Crippen LogP contribution in [0.2, 0.25) is 0 Å². The smallest absolute Gasteiger partial charge is 0.343 e. The monoisotopic (exact) mass is 434 g/mol. The molecule has 0 saturated carbocycles. The average molecular weight is 435 g/mol. The van der Waals surface area contributed by atoms with E-state index >= 15 is 0 Å². The summed E-state index contributed by atoms with van der Waals surface area (Å²) in [4.78, 5) is 12.0. The van der Waals surface area contributed by atoms with Crippen molar-refractivity contribution in [3.63, 3.8) is 0 Å².